The molecule has 2 aliphatic heterocycles. The van der Waals surface area contributed by atoms with Crippen molar-refractivity contribution >= 4 is 11.8 Å². The van der Waals surface area contributed by atoms with Gasteiger partial charge in [0.25, 0.3) is 0 Å². The second kappa shape index (κ2) is 4.52. The van der Waals surface area contributed by atoms with Crippen LogP contribution in [0.3, 0.4) is 0 Å². The lowest BCUT2D eigenvalue weighted by atomic mass is 9.82. The summed E-state index contributed by atoms with van der Waals surface area (Å²) >= 11 is -0.0481. The smallest absolute Gasteiger partial charge is 0.297 e. The van der Waals surface area contributed by atoms with Crippen LogP contribution in [0.25, 0.3) is 0 Å². The lowest BCUT2D eigenvalue weighted by Crippen LogP contribution is -2.41. The van der Waals surface area contributed by atoms with Gasteiger partial charge in [-0.3, -0.25) is 5.32 Å². The first-order valence-electron chi connectivity index (χ1n) is 7.13. The topological polar surface area (TPSA) is 12.0 Å². The molecule has 0 amide bonds. The Kier molecular flexibility index (Phi) is 2.91. The van der Waals surface area contributed by atoms with Gasteiger partial charge in [0.2, 0.25) is 0 Å². The number of hydrogen-bond acceptors (Lipinski definition) is 2. The molecule has 2 bridgehead atoms. The van der Waals surface area contributed by atoms with Gasteiger partial charge in [-0.05, 0) is 59.5 Å². The number of halogens is 3. The van der Waals surface area contributed by atoms with Crippen molar-refractivity contribution in [2.75, 3.05) is 0 Å². The fourth-order valence-electron chi connectivity index (χ4n) is 3.76. The minimum atomic E-state index is -4.26. The summed E-state index contributed by atoms with van der Waals surface area (Å²) in [5.41, 5.74) is -0.138. The molecule has 114 valence electrons. The molecule has 5 heteroatoms. The lowest BCUT2D eigenvalue weighted by molar-refractivity contribution is -0.0328. The Balaban J connectivity index is 1.84. The molecule has 0 aliphatic carbocycles. The molecule has 0 saturated carbocycles. The van der Waals surface area contributed by atoms with Gasteiger partial charge in [-0.1, -0.05) is 30.3 Å². The van der Waals surface area contributed by atoms with Crippen molar-refractivity contribution in [3.8, 4) is 0 Å². The van der Waals surface area contributed by atoms with Crippen LogP contribution in [0.5, 0.6) is 0 Å². The van der Waals surface area contributed by atoms with Gasteiger partial charge in [0.1, 0.15) is 0 Å². The highest BCUT2D eigenvalue weighted by atomic mass is 32.2. The summed E-state index contributed by atoms with van der Waals surface area (Å²) in [7, 11) is 0. The first kappa shape index (κ1) is 14.2. The maximum Gasteiger partial charge on any atom is 0.446 e. The number of alkyl halides is 3. The summed E-state index contributed by atoms with van der Waals surface area (Å²) in [6.07, 6.45) is 0.818. The highest BCUT2D eigenvalue weighted by Gasteiger charge is 2.45. The van der Waals surface area contributed by atoms with Gasteiger partial charge in [-0.25, -0.2) is 0 Å². The molecular weight excluding hydrogens is 307 g/mol. The van der Waals surface area contributed by atoms with E-state index in [0.29, 0.717) is 0 Å². The standard InChI is InChI=1S/C17H14F3NS/c1-16-13-5-3-2-4-12(13)15(21-16)8-10-6-7-11(9-14(10)16)22-17(18,19)20/h2-7,9,15,21H,8H2,1H3/t15-,16-/m1/s1. The first-order chi connectivity index (χ1) is 10.4. The summed E-state index contributed by atoms with van der Waals surface area (Å²) in [4.78, 5) is 0.247. The van der Waals surface area contributed by atoms with Crippen LogP contribution >= 0.6 is 11.8 Å². The fourth-order valence-corrected chi connectivity index (χ4v) is 4.34. The molecule has 0 radical (unpaired) electrons. The third kappa shape index (κ3) is 2.07. The van der Waals surface area contributed by atoms with Crippen molar-refractivity contribution in [3.63, 3.8) is 0 Å². The lowest BCUT2D eigenvalue weighted by Gasteiger charge is -2.35. The molecule has 2 aliphatic rings. The summed E-state index contributed by atoms with van der Waals surface area (Å²) in [5, 5.41) is 3.59. The highest BCUT2D eigenvalue weighted by Crippen LogP contribution is 2.49. The van der Waals surface area contributed by atoms with E-state index in [1.54, 1.807) is 12.1 Å². The molecule has 2 aromatic carbocycles. The van der Waals surface area contributed by atoms with Crippen molar-refractivity contribution < 1.29 is 13.2 Å². The monoisotopic (exact) mass is 321 g/mol. The van der Waals surface area contributed by atoms with Crippen LogP contribution in [0, 0.1) is 0 Å². The molecule has 1 nitrogen and oxygen atoms in total. The molecule has 2 aromatic rings. The van der Waals surface area contributed by atoms with E-state index in [9.17, 15) is 13.2 Å². The van der Waals surface area contributed by atoms with Gasteiger partial charge in [0.15, 0.2) is 0 Å². The number of rotatable bonds is 1. The molecule has 0 unspecified atom stereocenters. The Morgan fingerprint density at radius 2 is 1.91 bits per heavy atom. The normalized spacial score (nSPS) is 25.7. The van der Waals surface area contributed by atoms with Gasteiger partial charge < -0.3 is 0 Å². The number of hydrogen-bond donors (Lipinski definition) is 1. The number of benzene rings is 2. The first-order valence-corrected chi connectivity index (χ1v) is 7.95. The largest absolute Gasteiger partial charge is 0.446 e. The van der Waals surface area contributed by atoms with Gasteiger partial charge in [-0.15, -0.1) is 0 Å². The SMILES string of the molecule is C[C@]12N[C@H](Cc3ccc(SC(F)(F)F)cc31)c1ccccc12. The molecular formula is C17H14F3NS. The number of fused-ring (bicyclic) bond motifs is 7. The second-order valence-electron chi connectivity index (χ2n) is 5.98. The molecule has 2 atom stereocenters. The molecule has 0 spiro atoms. The molecule has 0 fully saturated rings. The average molecular weight is 321 g/mol. The van der Waals surface area contributed by atoms with Crippen molar-refractivity contribution in [1.82, 2.24) is 5.32 Å². The molecule has 2 heterocycles. The Bertz CT molecular complexity index is 756. The van der Waals surface area contributed by atoms with Gasteiger partial charge in [0.05, 0.1) is 5.54 Å². The Morgan fingerprint density at radius 3 is 2.68 bits per heavy atom. The van der Waals surface area contributed by atoms with E-state index in [-0.39, 0.29) is 22.7 Å². The van der Waals surface area contributed by atoms with Crippen LogP contribution in [-0.2, 0) is 12.0 Å². The highest BCUT2D eigenvalue weighted by molar-refractivity contribution is 8.00. The minimum absolute atomic E-state index is 0.0481. The van der Waals surface area contributed by atoms with Crippen LogP contribution in [0.1, 0.15) is 35.2 Å². The summed E-state index contributed by atoms with van der Waals surface area (Å²) in [6.45, 7) is 2.06. The van der Waals surface area contributed by atoms with E-state index < -0.39 is 11.0 Å². The molecule has 4 rings (SSSR count). The Morgan fingerprint density at radius 1 is 1.14 bits per heavy atom. The summed E-state index contributed by atoms with van der Waals surface area (Å²) < 4.78 is 37.9. The van der Waals surface area contributed by atoms with Gasteiger partial charge in [-0.2, -0.15) is 13.2 Å². The molecule has 0 saturated heterocycles. The van der Waals surface area contributed by atoms with Crippen molar-refractivity contribution in [2.24, 2.45) is 0 Å². The number of thioether (sulfide) groups is 1. The van der Waals surface area contributed by atoms with Crippen LogP contribution < -0.4 is 5.32 Å². The summed E-state index contributed by atoms with van der Waals surface area (Å²) in [5.74, 6) is 0. The van der Waals surface area contributed by atoms with Crippen LogP contribution in [0.2, 0.25) is 0 Å². The maximum absolute atomic E-state index is 12.6. The van der Waals surface area contributed by atoms with E-state index >= 15 is 0 Å². The second-order valence-corrected chi connectivity index (χ2v) is 7.12. The van der Waals surface area contributed by atoms with Gasteiger partial charge in [0, 0.05) is 10.9 Å². The van der Waals surface area contributed by atoms with Crippen molar-refractivity contribution in [3.05, 3.63) is 64.7 Å². The van der Waals surface area contributed by atoms with Crippen LogP contribution in [0.4, 0.5) is 13.2 Å². The zero-order valence-electron chi connectivity index (χ0n) is 11.9. The zero-order valence-corrected chi connectivity index (χ0v) is 12.7. The Labute approximate surface area is 130 Å². The van der Waals surface area contributed by atoms with Crippen molar-refractivity contribution in [1.29, 1.82) is 0 Å². The van der Waals surface area contributed by atoms with E-state index in [2.05, 4.69) is 24.4 Å². The van der Waals surface area contributed by atoms with Crippen LogP contribution in [-0.4, -0.2) is 5.51 Å². The third-order valence-corrected chi connectivity index (χ3v) is 5.34. The quantitative estimate of drug-likeness (QED) is 0.760. The molecule has 1 N–H and O–H groups in total. The molecule has 0 aromatic heterocycles. The third-order valence-electron chi connectivity index (χ3n) is 4.62. The molecule has 22 heavy (non-hydrogen) atoms. The van der Waals surface area contributed by atoms with E-state index in [1.807, 2.05) is 18.2 Å². The average Bonchev–Trinajstić information content (AvgIpc) is 2.69. The van der Waals surface area contributed by atoms with E-state index in [4.69, 9.17) is 0 Å². The zero-order chi connectivity index (χ0) is 15.5. The maximum atomic E-state index is 12.6. The number of nitrogens with one attached hydrogen (secondary N) is 1. The Hall–Kier alpha value is -1.46. The van der Waals surface area contributed by atoms with Gasteiger partial charge >= 0.3 is 5.51 Å². The van der Waals surface area contributed by atoms with E-state index in [0.717, 1.165) is 17.5 Å². The fraction of sp³-hybridized carbons (Fsp3) is 0.294. The van der Waals surface area contributed by atoms with Crippen LogP contribution in [0.15, 0.2) is 47.4 Å². The predicted octanol–water partition coefficient (Wildman–Crippen LogP) is 4.76. The van der Waals surface area contributed by atoms with E-state index in [1.165, 1.54) is 11.1 Å². The predicted molar refractivity (Wildman–Crippen MR) is 80.8 cm³/mol. The summed E-state index contributed by atoms with van der Waals surface area (Å²) in [6, 6.07) is 13.5. The van der Waals surface area contributed by atoms with Crippen molar-refractivity contribution in [2.45, 2.75) is 35.3 Å². The minimum Gasteiger partial charge on any atom is -0.297 e.